The molecule has 6 nitrogen and oxygen atoms in total. The number of aliphatic hydroxyl groups excluding tert-OH is 1. The number of carbonyl (C=O) groups excluding carboxylic acids is 2. The highest BCUT2D eigenvalue weighted by molar-refractivity contribution is 6.74. The molecule has 0 saturated carbocycles. The minimum atomic E-state index is -2.19. The summed E-state index contributed by atoms with van der Waals surface area (Å²) >= 11 is 0. The Bertz CT molecular complexity index is 942. The first-order valence-corrected chi connectivity index (χ1v) is 19.0. The van der Waals surface area contributed by atoms with Crippen LogP contribution in [0.4, 0.5) is 0 Å². The van der Waals surface area contributed by atoms with Gasteiger partial charge in [-0.15, -0.1) is 6.58 Å². The van der Waals surface area contributed by atoms with Crippen LogP contribution in [0.15, 0.2) is 43.0 Å². The van der Waals surface area contributed by atoms with Gasteiger partial charge in [-0.25, -0.2) is 0 Å². The molecule has 1 aromatic rings. The zero-order valence-electron chi connectivity index (χ0n) is 28.3. The van der Waals surface area contributed by atoms with Crippen LogP contribution >= 0.6 is 0 Å². The highest BCUT2D eigenvalue weighted by Crippen LogP contribution is 2.38. The van der Waals surface area contributed by atoms with E-state index < -0.39 is 32.4 Å². The zero-order valence-corrected chi connectivity index (χ0v) is 29.3. The van der Waals surface area contributed by atoms with Crippen molar-refractivity contribution >= 4 is 20.2 Å². The van der Waals surface area contributed by atoms with Crippen molar-refractivity contribution in [3.05, 3.63) is 48.6 Å². The summed E-state index contributed by atoms with van der Waals surface area (Å²) < 4.78 is 12.8. The van der Waals surface area contributed by atoms with Crippen LogP contribution in [-0.4, -0.2) is 61.6 Å². The average molecular weight is 604 g/mol. The van der Waals surface area contributed by atoms with Gasteiger partial charge in [0.2, 0.25) is 0 Å². The normalized spacial score (nSPS) is 15.9. The predicted molar refractivity (Wildman–Crippen MR) is 177 cm³/mol. The molecule has 5 atom stereocenters. The smallest absolute Gasteiger partial charge is 0.312 e. The maximum atomic E-state index is 14.1. The fourth-order valence-corrected chi connectivity index (χ4v) is 6.17. The van der Waals surface area contributed by atoms with Gasteiger partial charge in [0.15, 0.2) is 14.4 Å². The number of aliphatic hydroxyl groups is 1. The topological polar surface area (TPSA) is 76.1 Å². The molecule has 0 aromatic heterocycles. The second kappa shape index (κ2) is 18.0. The van der Waals surface area contributed by atoms with Crippen molar-refractivity contribution < 1.29 is 23.9 Å². The molecule has 0 fully saturated rings. The third-order valence-corrected chi connectivity index (χ3v) is 13.4. The number of esters is 1. The lowest BCUT2D eigenvalue weighted by Crippen LogP contribution is -2.55. The van der Waals surface area contributed by atoms with E-state index in [1.807, 2.05) is 38.1 Å². The van der Waals surface area contributed by atoms with E-state index >= 15 is 0 Å². The Hall–Kier alpha value is -1.96. The molecule has 0 aliphatic heterocycles. The van der Waals surface area contributed by atoms with Crippen molar-refractivity contribution in [1.29, 1.82) is 0 Å². The molecule has 0 unspecified atom stereocenters. The van der Waals surface area contributed by atoms with Crippen LogP contribution < -0.4 is 0 Å². The summed E-state index contributed by atoms with van der Waals surface area (Å²) in [5.74, 6) is -1.73. The van der Waals surface area contributed by atoms with E-state index in [0.717, 1.165) is 31.2 Å². The number of unbranched alkanes of at least 4 members (excludes halogenated alkanes) is 4. The summed E-state index contributed by atoms with van der Waals surface area (Å²) in [6.45, 7) is 22.7. The first-order chi connectivity index (χ1) is 19.6. The van der Waals surface area contributed by atoms with E-state index in [1.165, 1.54) is 6.42 Å². The van der Waals surface area contributed by atoms with Gasteiger partial charge in [0.1, 0.15) is 0 Å². The van der Waals surface area contributed by atoms with E-state index in [4.69, 9.17) is 9.16 Å². The van der Waals surface area contributed by atoms with E-state index in [1.54, 1.807) is 18.9 Å². The summed E-state index contributed by atoms with van der Waals surface area (Å²) in [5, 5.41) is 10.7. The second-order valence-electron chi connectivity index (χ2n) is 13.8. The molecule has 0 saturated heterocycles. The number of likely N-dealkylation sites (N-methyl/N-ethyl adjacent to an activating group) is 1. The number of hydrogen-bond acceptors (Lipinski definition) is 5. The molecule has 0 aliphatic carbocycles. The summed E-state index contributed by atoms with van der Waals surface area (Å²) in [6.07, 6.45) is 6.96. The van der Waals surface area contributed by atoms with Gasteiger partial charge in [-0.05, 0) is 55.8 Å². The molecule has 240 valence electrons. The highest BCUT2D eigenvalue weighted by atomic mass is 28.4. The summed E-state index contributed by atoms with van der Waals surface area (Å²) in [6, 6.07) is 9.82. The Morgan fingerprint density at radius 1 is 1.05 bits per heavy atom. The molecule has 1 amide bonds. The molecule has 7 heteroatoms. The van der Waals surface area contributed by atoms with Crippen molar-refractivity contribution in [2.24, 2.45) is 11.8 Å². The summed E-state index contributed by atoms with van der Waals surface area (Å²) in [5.41, 5.74) is 1.10. The van der Waals surface area contributed by atoms with Gasteiger partial charge in [0.25, 0.3) is 5.91 Å². The number of nitrogens with zero attached hydrogens (tertiary/aromatic N) is 1. The van der Waals surface area contributed by atoms with Crippen LogP contribution in [0, 0.1) is 11.8 Å². The number of hydrogen-bond donors (Lipinski definition) is 1. The predicted octanol–water partition coefficient (Wildman–Crippen LogP) is 7.95. The van der Waals surface area contributed by atoms with Gasteiger partial charge in [0, 0.05) is 7.05 Å². The Kier molecular flexibility index (Phi) is 16.3. The van der Waals surface area contributed by atoms with Crippen LogP contribution in [0.3, 0.4) is 0 Å². The second-order valence-corrected chi connectivity index (χ2v) is 18.6. The van der Waals surface area contributed by atoms with Crippen LogP contribution in [0.1, 0.15) is 99.0 Å². The minimum absolute atomic E-state index is 0.00469. The molecule has 0 radical (unpaired) electrons. The first kappa shape index (κ1) is 38.1. The van der Waals surface area contributed by atoms with E-state index in [9.17, 15) is 14.7 Å². The van der Waals surface area contributed by atoms with Gasteiger partial charge >= 0.3 is 5.97 Å². The molecule has 0 bridgehead atoms. The van der Waals surface area contributed by atoms with Gasteiger partial charge in [0.05, 0.1) is 24.2 Å². The molecule has 1 N–H and O–H groups in total. The van der Waals surface area contributed by atoms with Crippen molar-refractivity contribution in [1.82, 2.24) is 4.90 Å². The maximum absolute atomic E-state index is 14.1. The molecule has 0 aliphatic rings. The standard InChI is InChI=1S/C35H61NO5Si/c1-12-14-15-16-20-24-30(37)27(5)34(39)40-32(26(3)4)33(38)36(9)29(25-28-22-18-17-19-23-28)31(21-13-2)41-42(10,11)35(6,7)8/h13,17-19,22-23,26-27,29-32,37H,2,12,14-16,20-21,24-25H2,1,3-11H3/t27-,29-,30+,31+,32-/m0/s1. The van der Waals surface area contributed by atoms with Gasteiger partial charge < -0.3 is 19.2 Å². The number of amides is 1. The van der Waals surface area contributed by atoms with Crippen molar-refractivity contribution in [3.63, 3.8) is 0 Å². The molecule has 42 heavy (non-hydrogen) atoms. The zero-order chi connectivity index (χ0) is 32.1. The lowest BCUT2D eigenvalue weighted by molar-refractivity contribution is -0.170. The fourth-order valence-electron chi connectivity index (χ4n) is 4.81. The Balaban J connectivity index is 3.22. The van der Waals surface area contributed by atoms with Gasteiger partial charge in [-0.2, -0.15) is 0 Å². The molecule has 1 aromatic carbocycles. The molecular weight excluding hydrogens is 542 g/mol. The SMILES string of the molecule is C=CC[C@@H](O[Si](C)(C)C(C)(C)C)[C@H](Cc1ccccc1)N(C)C(=O)[C@@H](OC(=O)[C@@H](C)[C@H](O)CCCCCCC)C(C)C. The first-order valence-electron chi connectivity index (χ1n) is 16.0. The molecular formula is C35H61NO5Si. The van der Waals surface area contributed by atoms with Crippen molar-refractivity contribution in [2.75, 3.05) is 7.05 Å². The van der Waals surface area contributed by atoms with Crippen LogP contribution in [0.25, 0.3) is 0 Å². The number of ether oxygens (including phenoxy) is 1. The third kappa shape index (κ3) is 12.0. The largest absolute Gasteiger partial charge is 0.452 e. The molecule has 0 heterocycles. The van der Waals surface area contributed by atoms with Crippen LogP contribution in [0.5, 0.6) is 0 Å². The fraction of sp³-hybridized carbons (Fsp3) is 0.714. The van der Waals surface area contributed by atoms with Crippen molar-refractivity contribution in [3.8, 4) is 0 Å². The highest BCUT2D eigenvalue weighted by Gasteiger charge is 2.43. The minimum Gasteiger partial charge on any atom is -0.452 e. The summed E-state index contributed by atoms with van der Waals surface area (Å²) in [4.78, 5) is 29.0. The number of benzene rings is 1. The summed E-state index contributed by atoms with van der Waals surface area (Å²) in [7, 11) is -0.396. The van der Waals surface area contributed by atoms with E-state index in [-0.39, 0.29) is 29.0 Å². The van der Waals surface area contributed by atoms with Crippen molar-refractivity contribution in [2.45, 2.75) is 142 Å². The number of carbonyl (C=O) groups is 2. The quantitative estimate of drug-likeness (QED) is 0.0752. The molecule has 1 rings (SSSR count). The van der Waals surface area contributed by atoms with Gasteiger partial charge in [-0.1, -0.05) is 110 Å². The lowest BCUT2D eigenvalue weighted by Gasteiger charge is -2.44. The Labute approximate surface area is 258 Å². The van der Waals surface area contributed by atoms with E-state index in [2.05, 4.69) is 59.5 Å². The van der Waals surface area contributed by atoms with Crippen LogP contribution in [-0.2, 0) is 25.2 Å². The maximum Gasteiger partial charge on any atom is 0.312 e. The van der Waals surface area contributed by atoms with E-state index in [0.29, 0.717) is 19.3 Å². The Morgan fingerprint density at radius 2 is 1.64 bits per heavy atom. The average Bonchev–Trinajstić information content (AvgIpc) is 2.92. The number of rotatable bonds is 19. The molecule has 0 spiro atoms. The van der Waals surface area contributed by atoms with Crippen LogP contribution in [0.2, 0.25) is 18.1 Å². The third-order valence-electron chi connectivity index (χ3n) is 8.86. The lowest BCUT2D eigenvalue weighted by atomic mass is 9.96. The monoisotopic (exact) mass is 603 g/mol. The Morgan fingerprint density at radius 3 is 2.17 bits per heavy atom. The van der Waals surface area contributed by atoms with Gasteiger partial charge in [-0.3, -0.25) is 9.59 Å².